The smallest absolute Gasteiger partial charge is 0.229 e. The van der Waals surface area contributed by atoms with Crippen molar-refractivity contribution in [2.45, 2.75) is 33.1 Å². The molecule has 0 bridgehead atoms. The van der Waals surface area contributed by atoms with Crippen LogP contribution in [0.4, 0.5) is 0 Å². The lowest BCUT2D eigenvalue weighted by Gasteiger charge is -2.37. The fraction of sp³-hybridized carbons (Fsp3) is 0.917. The fourth-order valence-electron chi connectivity index (χ4n) is 2.18. The molecule has 4 nitrogen and oxygen atoms in total. The van der Waals surface area contributed by atoms with Crippen LogP contribution in [-0.4, -0.2) is 42.2 Å². The third-order valence-corrected chi connectivity index (χ3v) is 3.43. The minimum absolute atomic E-state index is 0.151. The molecule has 1 atom stereocenters. The van der Waals surface area contributed by atoms with Crippen LogP contribution in [0, 0.1) is 11.3 Å². The van der Waals surface area contributed by atoms with Gasteiger partial charge in [0.05, 0.1) is 5.41 Å². The number of amides is 1. The highest BCUT2D eigenvalue weighted by Crippen LogP contribution is 2.24. The molecule has 0 radical (unpaired) electrons. The van der Waals surface area contributed by atoms with Crippen LogP contribution in [-0.2, 0) is 4.79 Å². The van der Waals surface area contributed by atoms with E-state index >= 15 is 0 Å². The second-order valence-electron chi connectivity index (χ2n) is 5.36. The van der Waals surface area contributed by atoms with Crippen LogP contribution >= 0.6 is 0 Å². The number of nitrogens with zero attached hydrogens (tertiary/aromatic N) is 1. The third-order valence-electron chi connectivity index (χ3n) is 3.43. The maximum atomic E-state index is 12.2. The van der Waals surface area contributed by atoms with Gasteiger partial charge in [0.15, 0.2) is 0 Å². The van der Waals surface area contributed by atoms with Crippen molar-refractivity contribution in [2.75, 3.05) is 26.2 Å². The van der Waals surface area contributed by atoms with Crippen molar-refractivity contribution in [1.29, 1.82) is 0 Å². The molecule has 1 heterocycles. The minimum atomic E-state index is -0.457. The topological polar surface area (TPSA) is 66.6 Å². The summed E-state index contributed by atoms with van der Waals surface area (Å²) in [7, 11) is 0. The molecule has 0 aliphatic carbocycles. The maximum absolute atomic E-state index is 12.2. The molecule has 0 aromatic rings. The highest BCUT2D eigenvalue weighted by Gasteiger charge is 2.33. The lowest BCUT2D eigenvalue weighted by Crippen LogP contribution is -2.48. The molecule has 1 fully saturated rings. The van der Waals surface area contributed by atoms with Crippen molar-refractivity contribution in [3.05, 3.63) is 0 Å². The minimum Gasteiger partial charge on any atom is -0.396 e. The second kappa shape index (κ2) is 5.64. The van der Waals surface area contributed by atoms with Crippen LogP contribution in [0.1, 0.15) is 33.1 Å². The number of carbonyl (C=O) groups excluding carboxylic acids is 1. The molecule has 4 heteroatoms. The van der Waals surface area contributed by atoms with Gasteiger partial charge < -0.3 is 15.7 Å². The number of aliphatic hydroxyl groups is 1. The molecule has 1 saturated heterocycles. The Hall–Kier alpha value is -0.610. The first kappa shape index (κ1) is 13.5. The van der Waals surface area contributed by atoms with Crippen LogP contribution in [0.3, 0.4) is 0 Å². The summed E-state index contributed by atoms with van der Waals surface area (Å²) in [5.74, 6) is 0.605. The Morgan fingerprint density at radius 3 is 2.81 bits per heavy atom. The van der Waals surface area contributed by atoms with Crippen LogP contribution in [0.25, 0.3) is 0 Å². The van der Waals surface area contributed by atoms with E-state index in [1.807, 2.05) is 18.7 Å². The summed E-state index contributed by atoms with van der Waals surface area (Å²) in [6, 6.07) is 0. The first-order valence-corrected chi connectivity index (χ1v) is 6.11. The van der Waals surface area contributed by atoms with Gasteiger partial charge >= 0.3 is 0 Å². The van der Waals surface area contributed by atoms with Gasteiger partial charge in [0.25, 0.3) is 0 Å². The van der Waals surface area contributed by atoms with Crippen molar-refractivity contribution in [1.82, 2.24) is 4.90 Å². The van der Waals surface area contributed by atoms with Gasteiger partial charge in [-0.05, 0) is 39.0 Å². The maximum Gasteiger partial charge on any atom is 0.229 e. The Morgan fingerprint density at radius 2 is 2.25 bits per heavy atom. The Balaban J connectivity index is 2.56. The van der Waals surface area contributed by atoms with Crippen molar-refractivity contribution in [2.24, 2.45) is 17.1 Å². The van der Waals surface area contributed by atoms with Gasteiger partial charge in [0.2, 0.25) is 5.91 Å². The van der Waals surface area contributed by atoms with Gasteiger partial charge in [-0.3, -0.25) is 4.79 Å². The predicted molar refractivity (Wildman–Crippen MR) is 63.8 cm³/mol. The van der Waals surface area contributed by atoms with Crippen molar-refractivity contribution >= 4 is 5.91 Å². The molecular weight excluding hydrogens is 204 g/mol. The van der Waals surface area contributed by atoms with Gasteiger partial charge in [-0.1, -0.05) is 0 Å². The molecule has 0 spiro atoms. The third kappa shape index (κ3) is 3.19. The quantitative estimate of drug-likeness (QED) is 0.740. The summed E-state index contributed by atoms with van der Waals surface area (Å²) in [4.78, 5) is 14.1. The number of nitrogens with two attached hydrogens (primary N) is 1. The van der Waals surface area contributed by atoms with Gasteiger partial charge in [-0.2, -0.15) is 0 Å². The molecule has 0 aromatic heterocycles. The average Bonchev–Trinajstić information content (AvgIpc) is 2.29. The summed E-state index contributed by atoms with van der Waals surface area (Å²) in [6.07, 6.45) is 2.96. The van der Waals surface area contributed by atoms with Crippen molar-refractivity contribution in [3.8, 4) is 0 Å². The van der Waals surface area contributed by atoms with Gasteiger partial charge in [0.1, 0.15) is 0 Å². The lowest BCUT2D eigenvalue weighted by atomic mass is 9.88. The molecule has 0 saturated carbocycles. The number of rotatable bonds is 4. The van der Waals surface area contributed by atoms with Gasteiger partial charge in [0, 0.05) is 26.2 Å². The monoisotopic (exact) mass is 228 g/mol. The largest absolute Gasteiger partial charge is 0.396 e. The summed E-state index contributed by atoms with van der Waals surface area (Å²) in [5, 5.41) is 8.93. The normalized spacial score (nSPS) is 22.2. The Kier molecular flexibility index (Phi) is 4.74. The van der Waals surface area contributed by atoms with Gasteiger partial charge in [-0.25, -0.2) is 0 Å². The van der Waals surface area contributed by atoms with E-state index in [0.717, 1.165) is 32.4 Å². The molecule has 0 aromatic carbocycles. The van der Waals surface area contributed by atoms with Crippen LogP contribution in [0.15, 0.2) is 0 Å². The number of carbonyl (C=O) groups is 1. The molecule has 3 N–H and O–H groups in total. The van der Waals surface area contributed by atoms with Gasteiger partial charge in [-0.15, -0.1) is 0 Å². The molecule has 1 unspecified atom stereocenters. The molecule has 94 valence electrons. The van der Waals surface area contributed by atoms with E-state index in [0.29, 0.717) is 12.5 Å². The highest BCUT2D eigenvalue weighted by atomic mass is 16.3. The lowest BCUT2D eigenvalue weighted by molar-refractivity contribution is -0.141. The standard InChI is InChI=1S/C12H24N2O2/c1-12(2,9-13)11(16)14-6-3-4-10(8-14)5-7-15/h10,15H,3-9,13H2,1-2H3. The van der Waals surface area contributed by atoms with E-state index in [1.165, 1.54) is 0 Å². The molecule has 16 heavy (non-hydrogen) atoms. The Labute approximate surface area is 97.8 Å². The molecule has 1 rings (SSSR count). The summed E-state index contributed by atoms with van der Waals surface area (Å²) < 4.78 is 0. The van der Waals surface area contributed by atoms with E-state index < -0.39 is 5.41 Å². The summed E-state index contributed by atoms with van der Waals surface area (Å²) in [6.45, 7) is 6.00. The second-order valence-corrected chi connectivity index (χ2v) is 5.36. The summed E-state index contributed by atoms with van der Waals surface area (Å²) in [5.41, 5.74) is 5.16. The summed E-state index contributed by atoms with van der Waals surface area (Å²) >= 11 is 0. The molecule has 1 aliphatic heterocycles. The van der Waals surface area contributed by atoms with Crippen LogP contribution < -0.4 is 5.73 Å². The van der Waals surface area contributed by atoms with E-state index in [-0.39, 0.29) is 12.5 Å². The fourth-order valence-corrected chi connectivity index (χ4v) is 2.18. The predicted octanol–water partition coefficient (Wildman–Crippen LogP) is 0.592. The number of likely N-dealkylation sites (tertiary alicyclic amines) is 1. The van der Waals surface area contributed by atoms with E-state index in [4.69, 9.17) is 10.8 Å². The first-order valence-electron chi connectivity index (χ1n) is 6.11. The zero-order valence-corrected chi connectivity index (χ0v) is 10.4. The SMILES string of the molecule is CC(C)(CN)C(=O)N1CCCC(CCO)C1. The Morgan fingerprint density at radius 1 is 1.56 bits per heavy atom. The number of hydrogen-bond donors (Lipinski definition) is 2. The number of aliphatic hydroxyl groups excluding tert-OH is 1. The Bertz CT molecular complexity index is 239. The zero-order valence-electron chi connectivity index (χ0n) is 10.4. The average molecular weight is 228 g/mol. The van der Waals surface area contributed by atoms with E-state index in [1.54, 1.807) is 0 Å². The number of hydrogen-bond acceptors (Lipinski definition) is 3. The zero-order chi connectivity index (χ0) is 12.2. The first-order chi connectivity index (χ1) is 7.51. The molecule has 1 amide bonds. The molecular formula is C12H24N2O2. The highest BCUT2D eigenvalue weighted by molar-refractivity contribution is 5.82. The van der Waals surface area contributed by atoms with Crippen LogP contribution in [0.2, 0.25) is 0 Å². The van der Waals surface area contributed by atoms with E-state index in [9.17, 15) is 4.79 Å². The van der Waals surface area contributed by atoms with Crippen molar-refractivity contribution < 1.29 is 9.90 Å². The van der Waals surface area contributed by atoms with E-state index in [2.05, 4.69) is 0 Å². The van der Waals surface area contributed by atoms with Crippen LogP contribution in [0.5, 0.6) is 0 Å². The van der Waals surface area contributed by atoms with Crippen molar-refractivity contribution in [3.63, 3.8) is 0 Å². The molecule has 1 aliphatic rings. The number of piperidine rings is 1.